The van der Waals surface area contributed by atoms with Crippen LogP contribution in [0.1, 0.15) is 21.6 Å². The Morgan fingerprint density at radius 3 is 2.61 bits per heavy atom. The van der Waals surface area contributed by atoms with Crippen molar-refractivity contribution in [1.29, 1.82) is 0 Å². The lowest BCUT2D eigenvalue weighted by Gasteiger charge is -2.13. The van der Waals surface area contributed by atoms with Gasteiger partial charge in [0.2, 0.25) is 11.6 Å². The normalized spacial score (nSPS) is 11.2. The number of nitrogen functional groups attached to an aromatic ring is 1. The fraction of sp³-hybridized carbons (Fsp3) is 0.0769. The second-order valence-corrected chi connectivity index (χ2v) is 8.93. The number of aryl methyl sites for hydroxylation is 1. The van der Waals surface area contributed by atoms with E-state index in [0.29, 0.717) is 16.5 Å². The van der Waals surface area contributed by atoms with Crippen LogP contribution in [0.4, 0.5) is 29.1 Å². The Morgan fingerprint density at radius 2 is 1.87 bits per heavy atom. The molecule has 0 bridgehead atoms. The van der Waals surface area contributed by atoms with Gasteiger partial charge in [0.1, 0.15) is 23.1 Å². The molecule has 5 aromatic rings. The molecule has 4 N–H and O–H groups in total. The molecule has 0 aliphatic rings. The van der Waals surface area contributed by atoms with E-state index in [4.69, 9.17) is 10.5 Å². The van der Waals surface area contributed by atoms with Crippen LogP contribution in [0, 0.1) is 30.2 Å². The zero-order chi connectivity index (χ0) is 27.1. The molecule has 2 aromatic heterocycles. The maximum absolute atomic E-state index is 15.2. The smallest absolute Gasteiger partial charge is 0.214 e. The van der Waals surface area contributed by atoms with E-state index < -0.39 is 34.8 Å². The summed E-state index contributed by atoms with van der Waals surface area (Å²) < 4.78 is 66.1. The lowest BCUT2D eigenvalue weighted by atomic mass is 10.1. The number of rotatable bonds is 7. The molecule has 2 heterocycles. The number of hydrogen-bond acceptors (Lipinski definition) is 6. The Morgan fingerprint density at radius 1 is 1.08 bits per heavy atom. The van der Waals surface area contributed by atoms with Gasteiger partial charge in [0.25, 0.3) is 0 Å². The van der Waals surface area contributed by atoms with Crippen molar-refractivity contribution in [2.24, 2.45) is 0 Å². The number of halogens is 4. The lowest BCUT2D eigenvalue weighted by molar-refractivity contribution is 0.103. The van der Waals surface area contributed by atoms with Gasteiger partial charge in [0, 0.05) is 29.3 Å². The number of nitrogens with zero attached hydrogens (tertiary/aromatic N) is 2. The highest BCUT2D eigenvalue weighted by atomic mass is 32.2. The number of hydrogen-bond donors (Lipinski definition) is 3. The van der Waals surface area contributed by atoms with Crippen LogP contribution < -0.4 is 15.2 Å². The molecule has 0 aliphatic carbocycles. The number of aromatic amines is 1. The van der Waals surface area contributed by atoms with Crippen molar-refractivity contribution in [1.82, 2.24) is 14.8 Å². The molecule has 0 atom stereocenters. The maximum atomic E-state index is 15.2. The fourth-order valence-corrected chi connectivity index (χ4v) is 4.42. The number of carbonyl (C=O) groups excluding carboxylic acids is 1. The summed E-state index contributed by atoms with van der Waals surface area (Å²) in [7, 11) is 0. The molecule has 194 valence electrons. The first-order valence-corrected chi connectivity index (χ1v) is 12.3. The highest BCUT2D eigenvalue weighted by Crippen LogP contribution is 2.32. The number of fused-ring (bicyclic) bond motifs is 1. The molecule has 0 unspecified atom stereocenters. The van der Waals surface area contributed by atoms with Gasteiger partial charge >= 0.3 is 0 Å². The van der Waals surface area contributed by atoms with Crippen LogP contribution in [0.3, 0.4) is 0 Å². The second-order valence-electron chi connectivity index (χ2n) is 8.32. The van der Waals surface area contributed by atoms with E-state index in [1.54, 1.807) is 25.3 Å². The van der Waals surface area contributed by atoms with Crippen LogP contribution in [0.25, 0.3) is 16.6 Å². The average molecular weight is 542 g/mol. The van der Waals surface area contributed by atoms with E-state index in [2.05, 4.69) is 14.8 Å². The molecule has 0 saturated carbocycles. The summed E-state index contributed by atoms with van der Waals surface area (Å²) in [6.45, 7) is 1.54. The summed E-state index contributed by atoms with van der Waals surface area (Å²) in [5, 5.41) is 4.70. The number of nitrogens with one attached hydrogen (secondary N) is 2. The van der Waals surface area contributed by atoms with E-state index in [0.717, 1.165) is 16.8 Å². The number of H-pyrrole nitrogens is 1. The van der Waals surface area contributed by atoms with E-state index in [-0.39, 0.29) is 34.2 Å². The van der Waals surface area contributed by atoms with Crippen LogP contribution >= 0.6 is 11.9 Å². The lowest BCUT2D eigenvalue weighted by Crippen LogP contribution is -2.10. The fourth-order valence-electron chi connectivity index (χ4n) is 4.04. The molecule has 0 radical (unpaired) electrons. The minimum absolute atomic E-state index is 0.000415. The van der Waals surface area contributed by atoms with Gasteiger partial charge in [0.15, 0.2) is 17.4 Å². The van der Waals surface area contributed by atoms with Crippen LogP contribution in [-0.2, 0) is 0 Å². The van der Waals surface area contributed by atoms with Crippen LogP contribution in [0.5, 0.6) is 11.5 Å². The first-order chi connectivity index (χ1) is 18.2. The highest BCUT2D eigenvalue weighted by Gasteiger charge is 2.23. The number of anilines is 2. The number of benzene rings is 3. The zero-order valence-electron chi connectivity index (χ0n) is 19.9. The molecule has 5 rings (SSSR count). The van der Waals surface area contributed by atoms with Gasteiger partial charge in [-0.1, -0.05) is 18.0 Å². The van der Waals surface area contributed by atoms with Crippen molar-refractivity contribution < 1.29 is 27.1 Å². The number of ketones is 1. The van der Waals surface area contributed by atoms with E-state index in [9.17, 15) is 18.0 Å². The SMILES string of the molecule is CSNc1cc2cc(C(=O)c3cnn(-c4c(C)cc(Oc5cccc(F)c5F)cc4F)c3N)[nH]c2cc1F. The number of carbonyl (C=O) groups is 1. The Kier molecular flexibility index (Phi) is 6.49. The second kappa shape index (κ2) is 9.78. The largest absolute Gasteiger partial charge is 0.454 e. The number of ether oxygens (including phenoxy) is 1. The van der Waals surface area contributed by atoms with Crippen molar-refractivity contribution in [3.63, 3.8) is 0 Å². The monoisotopic (exact) mass is 541 g/mol. The van der Waals surface area contributed by atoms with Gasteiger partial charge in [-0.05, 0) is 42.8 Å². The van der Waals surface area contributed by atoms with E-state index in [1.165, 1.54) is 42.4 Å². The van der Waals surface area contributed by atoms with E-state index in [1.807, 2.05) is 0 Å². The quantitative estimate of drug-likeness (QED) is 0.123. The summed E-state index contributed by atoms with van der Waals surface area (Å²) in [4.78, 5) is 16.1. The summed E-state index contributed by atoms with van der Waals surface area (Å²) in [6.07, 6.45) is 2.96. The molecule has 38 heavy (non-hydrogen) atoms. The van der Waals surface area contributed by atoms with Crippen LogP contribution in [0.15, 0.2) is 54.7 Å². The minimum atomic E-state index is -1.20. The first-order valence-electron chi connectivity index (χ1n) is 11.1. The van der Waals surface area contributed by atoms with Gasteiger partial charge in [0.05, 0.1) is 23.1 Å². The van der Waals surface area contributed by atoms with Crippen LogP contribution in [0.2, 0.25) is 0 Å². The molecule has 0 fully saturated rings. The number of aromatic nitrogens is 3. The summed E-state index contributed by atoms with van der Waals surface area (Å²) in [5.74, 6) is -4.74. The topological polar surface area (TPSA) is 98.0 Å². The van der Waals surface area contributed by atoms with Gasteiger partial charge in [-0.2, -0.15) is 9.49 Å². The molecular weight excluding hydrogens is 522 g/mol. The summed E-state index contributed by atoms with van der Waals surface area (Å²) in [6, 6.07) is 10.2. The molecule has 0 saturated heterocycles. The van der Waals surface area contributed by atoms with Crippen molar-refractivity contribution in [2.45, 2.75) is 6.92 Å². The van der Waals surface area contributed by atoms with Crippen LogP contribution in [-0.4, -0.2) is 26.8 Å². The van der Waals surface area contributed by atoms with Gasteiger partial charge in [-0.3, -0.25) is 4.79 Å². The van der Waals surface area contributed by atoms with Crippen molar-refractivity contribution in [3.05, 3.63) is 94.8 Å². The van der Waals surface area contributed by atoms with E-state index >= 15 is 4.39 Å². The van der Waals surface area contributed by atoms with Crippen molar-refractivity contribution in [2.75, 3.05) is 16.7 Å². The molecule has 0 amide bonds. The van der Waals surface area contributed by atoms with Gasteiger partial charge in [-0.25, -0.2) is 17.9 Å². The highest BCUT2D eigenvalue weighted by molar-refractivity contribution is 7.99. The Labute approximate surface area is 217 Å². The Bertz CT molecular complexity index is 1690. The summed E-state index contributed by atoms with van der Waals surface area (Å²) in [5.41, 5.74) is 7.27. The Balaban J connectivity index is 1.46. The third-order valence-electron chi connectivity index (χ3n) is 5.80. The minimum Gasteiger partial charge on any atom is -0.454 e. The van der Waals surface area contributed by atoms with Gasteiger partial charge in [-0.15, -0.1) is 0 Å². The first kappa shape index (κ1) is 25.2. The molecule has 3 aromatic carbocycles. The van der Waals surface area contributed by atoms with Gasteiger partial charge < -0.3 is 20.2 Å². The van der Waals surface area contributed by atoms with Crippen molar-refractivity contribution in [3.8, 4) is 17.2 Å². The molecule has 0 spiro atoms. The maximum Gasteiger partial charge on any atom is 0.214 e. The van der Waals surface area contributed by atoms with Crippen molar-refractivity contribution >= 4 is 40.1 Å². The predicted molar refractivity (Wildman–Crippen MR) is 138 cm³/mol. The molecule has 7 nitrogen and oxygen atoms in total. The molecule has 0 aliphatic heterocycles. The zero-order valence-corrected chi connectivity index (χ0v) is 20.7. The number of nitrogens with two attached hydrogens (primary N) is 1. The Hall–Kier alpha value is -4.45. The third kappa shape index (κ3) is 4.43. The summed E-state index contributed by atoms with van der Waals surface area (Å²) >= 11 is 1.23. The predicted octanol–water partition coefficient (Wildman–Crippen LogP) is 6.51. The molecular formula is C26H19F4N5O2S. The molecule has 12 heteroatoms. The third-order valence-corrected chi connectivity index (χ3v) is 6.22. The average Bonchev–Trinajstić information content (AvgIpc) is 3.45. The standard InChI is InChI=1S/C26H19F4N5O2S/c1-12-6-14(37-22-5-3-4-16(27)23(22)30)9-18(29)24(12)35-26(31)15(11-32-35)25(36)21-8-13-7-20(34-38-2)17(28)10-19(13)33-21/h3-11,33-34H,31H2,1-2H3.